The summed E-state index contributed by atoms with van der Waals surface area (Å²) in [7, 11) is 0. The summed E-state index contributed by atoms with van der Waals surface area (Å²) in [6.07, 6.45) is 4.21. The van der Waals surface area contributed by atoms with Crippen LogP contribution in [-0.4, -0.2) is 38.1 Å². The number of nitrogens with zero attached hydrogens (tertiary/aromatic N) is 1. The third-order valence-electron chi connectivity index (χ3n) is 5.17. The molecule has 1 atom stereocenters. The van der Waals surface area contributed by atoms with Gasteiger partial charge in [-0.3, -0.25) is 9.69 Å². The summed E-state index contributed by atoms with van der Waals surface area (Å²) in [6.45, 7) is 3.83. The van der Waals surface area contributed by atoms with Crippen molar-refractivity contribution in [3.8, 4) is 0 Å². The first-order chi connectivity index (χ1) is 12.3. The van der Waals surface area contributed by atoms with E-state index in [1.165, 1.54) is 4.90 Å². The molecule has 1 aliphatic heterocycles. The molecule has 1 aromatic heterocycles. The van der Waals surface area contributed by atoms with Gasteiger partial charge >= 0.3 is 0 Å². The summed E-state index contributed by atoms with van der Waals surface area (Å²) in [5.41, 5.74) is 1.12. The summed E-state index contributed by atoms with van der Waals surface area (Å²) in [6, 6.07) is 16.7. The third kappa shape index (κ3) is 3.82. The van der Waals surface area contributed by atoms with Gasteiger partial charge < -0.3 is 10.2 Å². The number of amides is 1. The molecule has 2 fully saturated rings. The highest BCUT2D eigenvalue weighted by atomic mass is 16.2. The zero-order chi connectivity index (χ0) is 17.1. The van der Waals surface area contributed by atoms with E-state index in [9.17, 15) is 4.79 Å². The molecule has 0 spiro atoms. The summed E-state index contributed by atoms with van der Waals surface area (Å²) in [4.78, 5) is 19.9. The fourth-order valence-electron chi connectivity index (χ4n) is 3.63. The summed E-state index contributed by atoms with van der Waals surface area (Å²) < 4.78 is 0. The number of anilines is 1. The molecule has 1 amide bonds. The zero-order valence-electron chi connectivity index (χ0n) is 14.4. The Morgan fingerprint density at radius 2 is 1.80 bits per heavy atom. The van der Waals surface area contributed by atoms with E-state index < -0.39 is 0 Å². The van der Waals surface area contributed by atoms with Crippen molar-refractivity contribution < 1.29 is 14.7 Å². The van der Waals surface area contributed by atoms with E-state index in [0.717, 1.165) is 50.4 Å². The Balaban J connectivity index is 1.47. The highest BCUT2D eigenvalue weighted by Crippen LogP contribution is 2.20. The SMILES string of the molecule is O=C(NC1CC1)[C@H](c1ccccc1)[NH+]1CCN(c2cccc[nH+]2)CC1. The first-order valence-electron chi connectivity index (χ1n) is 9.23. The number of nitrogens with one attached hydrogen (secondary N) is 3. The van der Waals surface area contributed by atoms with Crippen molar-refractivity contribution in [2.24, 2.45) is 0 Å². The second-order valence-corrected chi connectivity index (χ2v) is 7.02. The number of hydrogen-bond acceptors (Lipinski definition) is 2. The van der Waals surface area contributed by atoms with Crippen LogP contribution in [0.3, 0.4) is 0 Å². The number of aromatic amines is 1. The van der Waals surface area contributed by atoms with Crippen molar-refractivity contribution in [1.82, 2.24) is 5.32 Å². The van der Waals surface area contributed by atoms with Crippen molar-refractivity contribution in [3.63, 3.8) is 0 Å². The number of aromatic nitrogens is 1. The van der Waals surface area contributed by atoms with Gasteiger partial charge in [0.25, 0.3) is 11.7 Å². The van der Waals surface area contributed by atoms with Crippen LogP contribution in [0.1, 0.15) is 24.4 Å². The Morgan fingerprint density at radius 1 is 1.08 bits per heavy atom. The van der Waals surface area contributed by atoms with Crippen molar-refractivity contribution in [2.45, 2.75) is 24.9 Å². The number of carbonyl (C=O) groups excluding carboxylic acids is 1. The van der Waals surface area contributed by atoms with E-state index in [-0.39, 0.29) is 11.9 Å². The van der Waals surface area contributed by atoms with Gasteiger partial charge in [0.15, 0.2) is 6.04 Å². The molecule has 2 aromatic rings. The minimum absolute atomic E-state index is 0.108. The lowest BCUT2D eigenvalue weighted by Crippen LogP contribution is -3.16. The fourth-order valence-corrected chi connectivity index (χ4v) is 3.63. The Bertz CT molecular complexity index is 694. The smallest absolute Gasteiger partial charge is 0.283 e. The van der Waals surface area contributed by atoms with Gasteiger partial charge in [0.05, 0.1) is 6.20 Å². The van der Waals surface area contributed by atoms with Gasteiger partial charge in [-0.2, -0.15) is 0 Å². The predicted octanol–water partition coefficient (Wildman–Crippen LogP) is 0.226. The highest BCUT2D eigenvalue weighted by Gasteiger charge is 2.38. The first-order valence-corrected chi connectivity index (χ1v) is 9.23. The maximum Gasteiger partial charge on any atom is 0.283 e. The molecule has 130 valence electrons. The number of pyridine rings is 1. The predicted molar refractivity (Wildman–Crippen MR) is 96.3 cm³/mol. The van der Waals surface area contributed by atoms with E-state index in [4.69, 9.17) is 0 Å². The van der Waals surface area contributed by atoms with E-state index >= 15 is 0 Å². The van der Waals surface area contributed by atoms with Crippen LogP contribution in [0.4, 0.5) is 5.82 Å². The van der Waals surface area contributed by atoms with E-state index in [2.05, 4.69) is 39.5 Å². The van der Waals surface area contributed by atoms with Gasteiger partial charge in [0, 0.05) is 17.7 Å². The molecular weight excluding hydrogens is 312 g/mol. The largest absolute Gasteiger partial charge is 0.348 e. The Labute approximate surface area is 148 Å². The van der Waals surface area contributed by atoms with Gasteiger partial charge in [-0.15, -0.1) is 0 Å². The second kappa shape index (κ2) is 7.23. The number of carbonyl (C=O) groups is 1. The molecule has 0 bridgehead atoms. The minimum atomic E-state index is -0.108. The number of H-pyrrole nitrogens is 1. The van der Waals surface area contributed by atoms with E-state index in [1.54, 1.807) is 0 Å². The molecule has 4 rings (SSSR count). The molecule has 25 heavy (non-hydrogen) atoms. The lowest BCUT2D eigenvalue weighted by atomic mass is 10.0. The molecule has 1 aliphatic carbocycles. The molecule has 1 saturated heterocycles. The standard InChI is InChI=1S/C20H24N4O/c25-20(22-17-9-10-17)19(16-6-2-1-3-7-16)24-14-12-23(13-15-24)18-8-4-5-11-21-18/h1-8,11,17,19H,9-10,12-15H2,(H,22,25)/p+2/t19-/m0/s1. The molecule has 5 nitrogen and oxygen atoms in total. The number of quaternary nitrogens is 1. The summed E-state index contributed by atoms with van der Waals surface area (Å²) >= 11 is 0. The number of rotatable bonds is 5. The van der Waals surface area contributed by atoms with Crippen LogP contribution in [0.5, 0.6) is 0 Å². The van der Waals surface area contributed by atoms with Crippen LogP contribution in [0.2, 0.25) is 0 Å². The minimum Gasteiger partial charge on any atom is -0.348 e. The highest BCUT2D eigenvalue weighted by molar-refractivity contribution is 5.82. The molecule has 1 aromatic carbocycles. The van der Waals surface area contributed by atoms with Crippen molar-refractivity contribution >= 4 is 11.7 Å². The Morgan fingerprint density at radius 3 is 2.44 bits per heavy atom. The maximum absolute atomic E-state index is 12.9. The summed E-state index contributed by atoms with van der Waals surface area (Å²) in [5, 5.41) is 3.21. The van der Waals surface area contributed by atoms with Crippen LogP contribution in [0.25, 0.3) is 0 Å². The quantitative estimate of drug-likeness (QED) is 0.820. The molecule has 2 heterocycles. The number of hydrogen-bond donors (Lipinski definition) is 2. The molecule has 1 saturated carbocycles. The topological polar surface area (TPSA) is 50.9 Å². The number of piperazine rings is 1. The van der Waals surface area contributed by atoms with Crippen LogP contribution >= 0.6 is 0 Å². The van der Waals surface area contributed by atoms with Crippen LogP contribution in [0.15, 0.2) is 54.7 Å². The van der Waals surface area contributed by atoms with Crippen molar-refractivity contribution in [3.05, 3.63) is 60.3 Å². The third-order valence-corrected chi connectivity index (χ3v) is 5.17. The molecule has 0 unspecified atom stereocenters. The molecule has 0 radical (unpaired) electrons. The zero-order valence-corrected chi connectivity index (χ0v) is 14.4. The Kier molecular flexibility index (Phi) is 4.65. The van der Waals surface area contributed by atoms with Crippen LogP contribution < -0.4 is 20.1 Å². The fraction of sp³-hybridized carbons (Fsp3) is 0.400. The molecular formula is C20H26N4O+2. The van der Waals surface area contributed by atoms with Crippen molar-refractivity contribution in [1.29, 1.82) is 0 Å². The summed E-state index contributed by atoms with van der Waals surface area (Å²) in [5.74, 6) is 1.34. The molecule has 2 aliphatic rings. The molecule has 5 heteroatoms. The molecule has 3 N–H and O–H groups in total. The number of benzene rings is 1. The van der Waals surface area contributed by atoms with Gasteiger partial charge in [-0.1, -0.05) is 36.4 Å². The van der Waals surface area contributed by atoms with Gasteiger partial charge in [-0.05, 0) is 18.9 Å². The normalized spacial score (nSPS) is 19.4. The van der Waals surface area contributed by atoms with E-state index in [0.29, 0.717) is 6.04 Å². The van der Waals surface area contributed by atoms with E-state index in [1.807, 2.05) is 30.5 Å². The van der Waals surface area contributed by atoms with Gasteiger partial charge in [0.2, 0.25) is 0 Å². The van der Waals surface area contributed by atoms with Crippen LogP contribution in [-0.2, 0) is 4.79 Å². The Hall–Kier alpha value is -2.40. The average molecular weight is 338 g/mol. The second-order valence-electron chi connectivity index (χ2n) is 7.02. The van der Waals surface area contributed by atoms with Gasteiger partial charge in [0.1, 0.15) is 26.2 Å². The lowest BCUT2D eigenvalue weighted by molar-refractivity contribution is -0.922. The monoisotopic (exact) mass is 338 g/mol. The lowest BCUT2D eigenvalue weighted by Gasteiger charge is -2.33. The van der Waals surface area contributed by atoms with Crippen molar-refractivity contribution in [2.75, 3.05) is 31.1 Å². The average Bonchev–Trinajstić information content (AvgIpc) is 3.48. The van der Waals surface area contributed by atoms with Crippen LogP contribution in [0, 0.1) is 0 Å². The maximum atomic E-state index is 12.9. The van der Waals surface area contributed by atoms with Gasteiger partial charge in [-0.25, -0.2) is 4.98 Å². The first kappa shape index (κ1) is 16.1.